The molecule has 0 N–H and O–H groups in total. The number of aryl methyl sites for hydroxylation is 1. The second kappa shape index (κ2) is 14.5. The summed E-state index contributed by atoms with van der Waals surface area (Å²) in [4.78, 5) is 16.5. The molecule has 0 aliphatic carbocycles. The first kappa shape index (κ1) is 23.9. The Kier molecular flexibility index (Phi) is 11.6. The molecule has 2 aromatic rings. The van der Waals surface area contributed by atoms with E-state index in [1.165, 1.54) is 63.0 Å². The zero-order valence-corrected chi connectivity index (χ0v) is 18.7. The van der Waals surface area contributed by atoms with E-state index in [0.717, 1.165) is 30.5 Å². The summed E-state index contributed by atoms with van der Waals surface area (Å²) in [7, 11) is 0. The van der Waals surface area contributed by atoms with Gasteiger partial charge < -0.3 is 4.74 Å². The van der Waals surface area contributed by atoms with Crippen molar-refractivity contribution >= 4 is 5.97 Å². The molecule has 1 aromatic carbocycles. The standard InChI is InChI=1S/C27H37NO2/c1-3-5-7-9-11-12-14-23-16-21-26(28-22-23)24-17-19-25(20-18-24)30-27(29)15-13-10-8-6-4-2/h13,15-22H,3-12,14H2,1-2H3. The van der Waals surface area contributed by atoms with Crippen molar-refractivity contribution in [1.82, 2.24) is 4.98 Å². The molecule has 0 amide bonds. The maximum atomic E-state index is 11.9. The number of esters is 1. The Bertz CT molecular complexity index is 747. The van der Waals surface area contributed by atoms with Crippen LogP contribution in [0.25, 0.3) is 11.3 Å². The Labute approximate surface area is 182 Å². The fraction of sp³-hybridized carbons (Fsp3) is 0.481. The van der Waals surface area contributed by atoms with Crippen molar-refractivity contribution in [3.05, 3.63) is 60.3 Å². The van der Waals surface area contributed by atoms with Crippen molar-refractivity contribution in [3.63, 3.8) is 0 Å². The van der Waals surface area contributed by atoms with E-state index in [0.29, 0.717) is 5.75 Å². The Morgan fingerprint density at radius 1 is 0.867 bits per heavy atom. The Morgan fingerprint density at radius 2 is 1.57 bits per heavy atom. The van der Waals surface area contributed by atoms with Crippen molar-refractivity contribution < 1.29 is 9.53 Å². The topological polar surface area (TPSA) is 39.2 Å². The molecule has 3 nitrogen and oxygen atoms in total. The van der Waals surface area contributed by atoms with Crippen LogP contribution in [0.4, 0.5) is 0 Å². The number of carbonyl (C=O) groups excluding carboxylic acids is 1. The number of aromatic nitrogens is 1. The molecule has 1 aromatic heterocycles. The third-order valence-corrected chi connectivity index (χ3v) is 5.24. The minimum absolute atomic E-state index is 0.323. The normalized spacial score (nSPS) is 11.1. The average Bonchev–Trinajstić information content (AvgIpc) is 2.77. The van der Waals surface area contributed by atoms with Crippen molar-refractivity contribution in [3.8, 4) is 17.0 Å². The molecule has 2 rings (SSSR count). The lowest BCUT2D eigenvalue weighted by molar-refractivity contribution is -0.129. The summed E-state index contributed by atoms with van der Waals surface area (Å²) in [5.74, 6) is 0.234. The SMILES string of the molecule is CCCCCC=CC(=O)Oc1ccc(-c2ccc(CCCCCCCC)cn2)cc1. The van der Waals surface area contributed by atoms with Gasteiger partial charge in [0.25, 0.3) is 0 Å². The molecule has 0 saturated heterocycles. The first-order valence-electron chi connectivity index (χ1n) is 11.7. The molecule has 162 valence electrons. The van der Waals surface area contributed by atoms with Gasteiger partial charge in [0.2, 0.25) is 0 Å². The molecule has 0 fully saturated rings. The zero-order chi connectivity index (χ0) is 21.4. The largest absolute Gasteiger partial charge is 0.423 e. The summed E-state index contributed by atoms with van der Waals surface area (Å²) in [6.07, 6.45) is 18.8. The number of hydrogen-bond acceptors (Lipinski definition) is 3. The minimum Gasteiger partial charge on any atom is -0.423 e. The van der Waals surface area contributed by atoms with E-state index in [-0.39, 0.29) is 5.97 Å². The van der Waals surface area contributed by atoms with Crippen molar-refractivity contribution in [2.24, 2.45) is 0 Å². The monoisotopic (exact) mass is 407 g/mol. The zero-order valence-electron chi connectivity index (χ0n) is 18.7. The van der Waals surface area contributed by atoms with E-state index >= 15 is 0 Å². The van der Waals surface area contributed by atoms with Gasteiger partial charge in [0.1, 0.15) is 5.75 Å². The number of benzene rings is 1. The van der Waals surface area contributed by atoms with Crippen LogP contribution < -0.4 is 4.74 Å². The number of carbonyl (C=O) groups is 1. The van der Waals surface area contributed by atoms with Crippen molar-refractivity contribution in [2.75, 3.05) is 0 Å². The third kappa shape index (κ3) is 9.39. The van der Waals surface area contributed by atoms with E-state index in [9.17, 15) is 4.79 Å². The number of rotatable bonds is 14. The number of ether oxygens (including phenoxy) is 1. The predicted octanol–water partition coefficient (Wildman–Crippen LogP) is 7.69. The number of hydrogen-bond donors (Lipinski definition) is 0. The van der Waals surface area contributed by atoms with Crippen molar-refractivity contribution in [2.45, 2.75) is 84.5 Å². The van der Waals surface area contributed by atoms with Crippen LogP contribution >= 0.6 is 0 Å². The number of unbranched alkanes of at least 4 members (excludes halogenated alkanes) is 8. The lowest BCUT2D eigenvalue weighted by Gasteiger charge is -2.06. The van der Waals surface area contributed by atoms with Crippen LogP contribution in [0.3, 0.4) is 0 Å². The van der Waals surface area contributed by atoms with Crippen LogP contribution in [-0.2, 0) is 11.2 Å². The highest BCUT2D eigenvalue weighted by Gasteiger charge is 2.04. The molecule has 0 unspecified atom stereocenters. The quantitative estimate of drug-likeness (QED) is 0.139. The second-order valence-electron chi connectivity index (χ2n) is 7.91. The van der Waals surface area contributed by atoms with Gasteiger partial charge in [0, 0.05) is 17.8 Å². The number of allylic oxidation sites excluding steroid dienone is 1. The number of pyridine rings is 1. The summed E-state index contributed by atoms with van der Waals surface area (Å²) < 4.78 is 5.36. The van der Waals surface area contributed by atoms with Crippen LogP contribution in [0.2, 0.25) is 0 Å². The number of nitrogens with zero attached hydrogens (tertiary/aromatic N) is 1. The first-order valence-corrected chi connectivity index (χ1v) is 11.7. The maximum absolute atomic E-state index is 11.9. The Hall–Kier alpha value is -2.42. The van der Waals surface area contributed by atoms with Gasteiger partial charge >= 0.3 is 5.97 Å². The predicted molar refractivity (Wildman–Crippen MR) is 126 cm³/mol. The lowest BCUT2D eigenvalue weighted by atomic mass is 10.1. The summed E-state index contributed by atoms with van der Waals surface area (Å²) >= 11 is 0. The smallest absolute Gasteiger partial charge is 0.335 e. The molecule has 0 spiro atoms. The molecule has 0 radical (unpaired) electrons. The molecular formula is C27H37NO2. The average molecular weight is 408 g/mol. The first-order chi connectivity index (χ1) is 14.7. The lowest BCUT2D eigenvalue weighted by Crippen LogP contribution is -2.03. The Morgan fingerprint density at radius 3 is 2.27 bits per heavy atom. The highest BCUT2D eigenvalue weighted by molar-refractivity contribution is 5.84. The molecule has 1 heterocycles. The highest BCUT2D eigenvalue weighted by Crippen LogP contribution is 2.21. The summed E-state index contributed by atoms with van der Waals surface area (Å²) in [6.45, 7) is 4.42. The fourth-order valence-corrected chi connectivity index (χ4v) is 3.39. The molecule has 0 saturated carbocycles. The van der Waals surface area contributed by atoms with Gasteiger partial charge in [0.05, 0.1) is 5.69 Å². The van der Waals surface area contributed by atoms with Gasteiger partial charge in [-0.1, -0.05) is 70.9 Å². The van der Waals surface area contributed by atoms with Gasteiger partial charge in [0.15, 0.2) is 0 Å². The summed E-state index contributed by atoms with van der Waals surface area (Å²) in [5, 5.41) is 0. The summed E-state index contributed by atoms with van der Waals surface area (Å²) in [5.41, 5.74) is 3.26. The molecule has 0 bridgehead atoms. The van der Waals surface area contributed by atoms with Gasteiger partial charge in [-0.25, -0.2) is 4.79 Å². The molecule has 0 atom stereocenters. The van der Waals surface area contributed by atoms with E-state index in [1.807, 2.05) is 36.5 Å². The molecular weight excluding hydrogens is 370 g/mol. The van der Waals surface area contributed by atoms with Gasteiger partial charge in [-0.15, -0.1) is 0 Å². The van der Waals surface area contributed by atoms with Crippen molar-refractivity contribution in [1.29, 1.82) is 0 Å². The van der Waals surface area contributed by atoms with E-state index in [4.69, 9.17) is 4.74 Å². The highest BCUT2D eigenvalue weighted by atomic mass is 16.5. The molecule has 0 aliphatic rings. The van der Waals surface area contributed by atoms with Crippen LogP contribution in [-0.4, -0.2) is 11.0 Å². The van der Waals surface area contributed by atoms with Crippen LogP contribution in [0.5, 0.6) is 5.75 Å². The second-order valence-corrected chi connectivity index (χ2v) is 7.91. The van der Waals surface area contributed by atoms with Gasteiger partial charge in [-0.05, 0) is 61.6 Å². The van der Waals surface area contributed by atoms with Gasteiger partial charge in [-0.3, -0.25) is 4.98 Å². The maximum Gasteiger partial charge on any atom is 0.335 e. The van der Waals surface area contributed by atoms with Crippen LogP contribution in [0.15, 0.2) is 54.7 Å². The van der Waals surface area contributed by atoms with Crippen LogP contribution in [0, 0.1) is 0 Å². The van der Waals surface area contributed by atoms with E-state index in [1.54, 1.807) is 0 Å². The minimum atomic E-state index is -0.323. The van der Waals surface area contributed by atoms with Gasteiger partial charge in [-0.2, -0.15) is 0 Å². The third-order valence-electron chi connectivity index (χ3n) is 5.24. The fourth-order valence-electron chi connectivity index (χ4n) is 3.39. The van der Waals surface area contributed by atoms with E-state index in [2.05, 4.69) is 31.0 Å². The summed E-state index contributed by atoms with van der Waals surface area (Å²) in [6, 6.07) is 11.8. The molecule has 0 aliphatic heterocycles. The molecule has 30 heavy (non-hydrogen) atoms. The Balaban J connectivity index is 1.78. The van der Waals surface area contributed by atoms with Crippen LogP contribution in [0.1, 0.15) is 83.6 Å². The van der Waals surface area contributed by atoms with E-state index < -0.39 is 0 Å². The molecule has 3 heteroatoms.